The lowest BCUT2D eigenvalue weighted by Gasteiger charge is -2.15. The largest absolute Gasteiger partial charge is 0.390 e. The highest BCUT2D eigenvalue weighted by Gasteiger charge is 2.13. The summed E-state index contributed by atoms with van der Waals surface area (Å²) in [6.45, 7) is 3.63. The molecule has 92 valence electrons. The summed E-state index contributed by atoms with van der Waals surface area (Å²) in [5, 5.41) is 15.7. The van der Waals surface area contributed by atoms with Gasteiger partial charge in [-0.25, -0.2) is 9.97 Å². The molecule has 0 aromatic carbocycles. The smallest absolute Gasteiger partial charge is 0.162 e. The lowest BCUT2D eigenvalue weighted by atomic mass is 10.1. The fraction of sp³-hybridized carbons (Fsp3) is 0.545. The third kappa shape index (κ3) is 2.95. The molecule has 0 aliphatic rings. The van der Waals surface area contributed by atoms with Crippen molar-refractivity contribution in [3.63, 3.8) is 0 Å². The lowest BCUT2D eigenvalue weighted by Crippen LogP contribution is -2.19. The first-order chi connectivity index (χ1) is 7.97. The molecule has 2 aromatic rings. The molecule has 0 aliphatic heterocycles. The minimum Gasteiger partial charge on any atom is -0.390 e. The van der Waals surface area contributed by atoms with E-state index in [-0.39, 0.29) is 0 Å². The van der Waals surface area contributed by atoms with E-state index in [1.54, 1.807) is 29.0 Å². The van der Waals surface area contributed by atoms with E-state index in [0.717, 1.165) is 28.2 Å². The lowest BCUT2D eigenvalue weighted by molar-refractivity contribution is 0.0777. The molecular formula is C11H16N4OS. The van der Waals surface area contributed by atoms with Gasteiger partial charge in [0, 0.05) is 12.8 Å². The average molecular weight is 252 g/mol. The third-order valence-corrected chi connectivity index (χ3v) is 3.45. The van der Waals surface area contributed by atoms with Crippen LogP contribution in [0, 0.1) is 0 Å². The van der Waals surface area contributed by atoms with Crippen molar-refractivity contribution in [1.82, 2.24) is 19.7 Å². The van der Waals surface area contributed by atoms with Crippen LogP contribution >= 0.6 is 11.8 Å². The van der Waals surface area contributed by atoms with Crippen molar-refractivity contribution >= 4 is 22.8 Å². The predicted octanol–water partition coefficient (Wildman–Crippen LogP) is 1.62. The van der Waals surface area contributed by atoms with E-state index in [9.17, 15) is 5.11 Å². The molecule has 1 N–H and O–H groups in total. The van der Waals surface area contributed by atoms with Gasteiger partial charge in [0.25, 0.3) is 0 Å². The monoisotopic (exact) mass is 252 g/mol. The van der Waals surface area contributed by atoms with Crippen LogP contribution in [-0.4, -0.2) is 36.2 Å². The van der Waals surface area contributed by atoms with Gasteiger partial charge in [-0.1, -0.05) is 0 Å². The van der Waals surface area contributed by atoms with E-state index in [4.69, 9.17) is 0 Å². The second-order valence-electron chi connectivity index (χ2n) is 4.60. The molecule has 0 bridgehead atoms. The Kier molecular flexibility index (Phi) is 3.35. The third-order valence-electron chi connectivity index (χ3n) is 2.45. The van der Waals surface area contributed by atoms with Crippen molar-refractivity contribution < 1.29 is 5.11 Å². The van der Waals surface area contributed by atoms with Crippen molar-refractivity contribution in [2.45, 2.75) is 30.9 Å². The molecule has 0 spiro atoms. The Morgan fingerprint density at radius 1 is 1.41 bits per heavy atom. The first kappa shape index (κ1) is 12.3. The summed E-state index contributed by atoms with van der Waals surface area (Å²) in [6, 6.07) is 0. The molecule has 17 heavy (non-hydrogen) atoms. The van der Waals surface area contributed by atoms with Crippen LogP contribution in [0.4, 0.5) is 0 Å². The summed E-state index contributed by atoms with van der Waals surface area (Å²) in [5.74, 6) is 0.824. The van der Waals surface area contributed by atoms with Gasteiger partial charge in [-0.3, -0.25) is 4.68 Å². The summed E-state index contributed by atoms with van der Waals surface area (Å²) < 4.78 is 1.73. The van der Waals surface area contributed by atoms with Crippen LogP contribution in [0.1, 0.15) is 20.3 Å². The topological polar surface area (TPSA) is 63.8 Å². The van der Waals surface area contributed by atoms with Gasteiger partial charge in [0.05, 0.1) is 17.2 Å². The fourth-order valence-corrected chi connectivity index (χ4v) is 2.67. The number of hydrogen-bond acceptors (Lipinski definition) is 5. The van der Waals surface area contributed by atoms with Gasteiger partial charge in [-0.2, -0.15) is 5.10 Å². The van der Waals surface area contributed by atoms with E-state index in [1.165, 1.54) is 0 Å². The minimum absolute atomic E-state index is 0.631. The van der Waals surface area contributed by atoms with Crippen LogP contribution in [0.25, 0.3) is 11.0 Å². The molecule has 0 unspecified atom stereocenters. The molecule has 2 aromatic heterocycles. The van der Waals surface area contributed by atoms with Crippen molar-refractivity contribution in [2.75, 3.05) is 5.75 Å². The molecule has 0 atom stereocenters. The quantitative estimate of drug-likeness (QED) is 0.661. The standard InChI is InChI=1S/C11H16N4OS/c1-11(2,16)4-5-17-10-8-6-14-15(3)9(8)12-7-13-10/h6-7,16H,4-5H2,1-3H3. The number of aromatic nitrogens is 4. The summed E-state index contributed by atoms with van der Waals surface area (Å²) in [4.78, 5) is 8.44. The zero-order chi connectivity index (χ0) is 12.5. The summed E-state index contributed by atoms with van der Waals surface area (Å²) in [7, 11) is 1.86. The summed E-state index contributed by atoms with van der Waals surface area (Å²) >= 11 is 1.63. The molecule has 5 nitrogen and oxygen atoms in total. The summed E-state index contributed by atoms with van der Waals surface area (Å²) in [5.41, 5.74) is 0.208. The van der Waals surface area contributed by atoms with E-state index < -0.39 is 5.60 Å². The molecule has 0 fully saturated rings. The Morgan fingerprint density at radius 2 is 2.18 bits per heavy atom. The van der Waals surface area contributed by atoms with Crippen LogP contribution in [0.3, 0.4) is 0 Å². The molecule has 6 heteroatoms. The second kappa shape index (κ2) is 4.62. The van der Waals surface area contributed by atoms with Crippen molar-refractivity contribution in [1.29, 1.82) is 0 Å². The molecular weight excluding hydrogens is 236 g/mol. The fourth-order valence-electron chi connectivity index (χ4n) is 1.45. The average Bonchev–Trinajstić information content (AvgIpc) is 2.60. The first-order valence-electron chi connectivity index (χ1n) is 5.45. The van der Waals surface area contributed by atoms with Crippen LogP contribution < -0.4 is 0 Å². The van der Waals surface area contributed by atoms with Crippen LogP contribution in [0.5, 0.6) is 0 Å². The number of hydrogen-bond donors (Lipinski definition) is 1. The predicted molar refractivity (Wildman–Crippen MR) is 67.9 cm³/mol. The highest BCUT2D eigenvalue weighted by atomic mass is 32.2. The number of fused-ring (bicyclic) bond motifs is 1. The van der Waals surface area contributed by atoms with Gasteiger partial charge >= 0.3 is 0 Å². The van der Waals surface area contributed by atoms with Gasteiger partial charge < -0.3 is 5.11 Å². The van der Waals surface area contributed by atoms with E-state index in [0.29, 0.717) is 0 Å². The van der Waals surface area contributed by atoms with Gasteiger partial charge in [0.2, 0.25) is 0 Å². The number of thioether (sulfide) groups is 1. The number of aryl methyl sites for hydroxylation is 1. The molecule has 0 aliphatic carbocycles. The summed E-state index contributed by atoms with van der Waals surface area (Å²) in [6.07, 6.45) is 4.06. The second-order valence-corrected chi connectivity index (χ2v) is 5.68. The van der Waals surface area contributed by atoms with E-state index in [1.807, 2.05) is 20.9 Å². The molecule has 2 heterocycles. The SMILES string of the molecule is Cn1ncc2c(SCCC(C)(C)O)ncnc21. The van der Waals surface area contributed by atoms with E-state index >= 15 is 0 Å². The van der Waals surface area contributed by atoms with Gasteiger partial charge in [0.1, 0.15) is 11.4 Å². The normalized spacial score (nSPS) is 12.2. The van der Waals surface area contributed by atoms with Gasteiger partial charge in [-0.15, -0.1) is 11.8 Å². The van der Waals surface area contributed by atoms with Crippen LogP contribution in [0.2, 0.25) is 0 Å². The minimum atomic E-state index is -0.631. The Morgan fingerprint density at radius 3 is 2.88 bits per heavy atom. The van der Waals surface area contributed by atoms with Gasteiger partial charge in [0.15, 0.2) is 5.65 Å². The first-order valence-corrected chi connectivity index (χ1v) is 6.44. The molecule has 2 rings (SSSR count). The van der Waals surface area contributed by atoms with E-state index in [2.05, 4.69) is 15.1 Å². The Labute approximate surface area is 104 Å². The van der Waals surface area contributed by atoms with Crippen LogP contribution in [-0.2, 0) is 7.05 Å². The number of nitrogens with zero attached hydrogens (tertiary/aromatic N) is 4. The maximum Gasteiger partial charge on any atom is 0.162 e. The zero-order valence-electron chi connectivity index (χ0n) is 10.2. The van der Waals surface area contributed by atoms with Crippen LogP contribution in [0.15, 0.2) is 17.6 Å². The van der Waals surface area contributed by atoms with Crippen molar-refractivity contribution in [3.8, 4) is 0 Å². The molecule has 0 amide bonds. The number of aliphatic hydroxyl groups is 1. The number of rotatable bonds is 4. The Bertz CT molecular complexity index is 518. The van der Waals surface area contributed by atoms with Crippen molar-refractivity contribution in [3.05, 3.63) is 12.5 Å². The Hall–Kier alpha value is -1.14. The maximum atomic E-state index is 9.65. The van der Waals surface area contributed by atoms with Gasteiger partial charge in [-0.05, 0) is 20.3 Å². The highest BCUT2D eigenvalue weighted by Crippen LogP contribution is 2.25. The van der Waals surface area contributed by atoms with Crippen molar-refractivity contribution in [2.24, 2.45) is 7.05 Å². The highest BCUT2D eigenvalue weighted by molar-refractivity contribution is 7.99. The zero-order valence-corrected chi connectivity index (χ0v) is 11.0. The Balaban J connectivity index is 2.14. The molecule has 0 saturated carbocycles. The maximum absolute atomic E-state index is 9.65. The molecule has 0 radical (unpaired) electrons. The molecule has 0 saturated heterocycles.